The molecule has 0 spiro atoms. The number of aromatic hydroxyl groups is 2. The fourth-order valence-corrected chi connectivity index (χ4v) is 7.30. The number of hydrogen-bond acceptors (Lipinski definition) is 14. The van der Waals surface area contributed by atoms with Gasteiger partial charge in [0.1, 0.15) is 59.8 Å². The first-order valence-corrected chi connectivity index (χ1v) is 23.9. The van der Waals surface area contributed by atoms with Gasteiger partial charge in [-0.3, -0.25) is 47.9 Å². The molecule has 3 aromatic carbocycles. The van der Waals surface area contributed by atoms with Gasteiger partial charge in [0.2, 0.25) is 59.1 Å². The van der Waals surface area contributed by atoms with Crippen molar-refractivity contribution >= 4 is 65.0 Å². The molecule has 0 bridgehead atoms. The van der Waals surface area contributed by atoms with E-state index >= 15 is 0 Å². The molecule has 0 aliphatic rings. The number of nitrogens with one attached hydrogen (secondary N) is 8. The number of carbonyl (C=O) groups is 11. The van der Waals surface area contributed by atoms with E-state index in [0.717, 1.165) is 0 Å². The number of phenols is 2. The van der Waals surface area contributed by atoms with Gasteiger partial charge in [-0.2, -0.15) is 0 Å². The highest BCUT2D eigenvalue weighted by molar-refractivity contribution is 5.99. The van der Waals surface area contributed by atoms with Crippen LogP contribution in [0.5, 0.6) is 11.5 Å². The lowest BCUT2D eigenvalue weighted by molar-refractivity contribution is -0.142. The van der Waals surface area contributed by atoms with Crippen molar-refractivity contribution in [3.63, 3.8) is 0 Å². The number of carbonyl (C=O) groups excluding carboxylic acids is 10. The molecule has 406 valence electrons. The molecule has 0 aliphatic carbocycles. The van der Waals surface area contributed by atoms with Crippen LogP contribution in [0.1, 0.15) is 70.1 Å². The summed E-state index contributed by atoms with van der Waals surface area (Å²) in [5.41, 5.74) is 17.6. The lowest BCUT2D eigenvalue weighted by Gasteiger charge is -2.27. The minimum Gasteiger partial charge on any atom is -0.508 e. The van der Waals surface area contributed by atoms with Crippen LogP contribution in [0.15, 0.2) is 78.9 Å². The molecule has 25 heteroatoms. The van der Waals surface area contributed by atoms with Crippen molar-refractivity contribution in [2.24, 2.45) is 23.1 Å². The maximum Gasteiger partial charge on any atom is 0.326 e. The normalized spacial score (nSPS) is 14.1. The van der Waals surface area contributed by atoms with E-state index in [1.165, 1.54) is 62.4 Å². The summed E-state index contributed by atoms with van der Waals surface area (Å²) in [5.74, 6) is -10.9. The number of benzene rings is 3. The summed E-state index contributed by atoms with van der Waals surface area (Å²) in [5, 5.41) is 48.9. The van der Waals surface area contributed by atoms with E-state index in [1.54, 1.807) is 44.2 Å². The van der Waals surface area contributed by atoms with Crippen molar-refractivity contribution in [3.8, 4) is 11.5 Å². The van der Waals surface area contributed by atoms with Gasteiger partial charge in [0.25, 0.3) is 0 Å². The molecular formula is C50H67N11O14. The number of primary amides is 2. The second-order valence-corrected chi connectivity index (χ2v) is 18.2. The average Bonchev–Trinajstić information content (AvgIpc) is 3.34. The maximum atomic E-state index is 14.0. The summed E-state index contributed by atoms with van der Waals surface area (Å²) in [4.78, 5) is 144. The number of amides is 10. The Kier molecular flexibility index (Phi) is 24.1. The van der Waals surface area contributed by atoms with Crippen LogP contribution in [-0.4, -0.2) is 135 Å². The van der Waals surface area contributed by atoms with E-state index in [9.17, 15) is 68.1 Å². The molecule has 3 aromatic rings. The highest BCUT2D eigenvalue weighted by Gasteiger charge is 2.35. The number of carboxylic acid groups (broad SMARTS) is 1. The molecular weight excluding hydrogens is 979 g/mol. The fourth-order valence-electron chi connectivity index (χ4n) is 7.30. The minimum absolute atomic E-state index is 0.0391. The van der Waals surface area contributed by atoms with E-state index in [0.29, 0.717) is 16.7 Å². The third-order valence-electron chi connectivity index (χ3n) is 11.3. The van der Waals surface area contributed by atoms with Crippen LogP contribution in [0.4, 0.5) is 0 Å². The zero-order valence-corrected chi connectivity index (χ0v) is 41.9. The van der Waals surface area contributed by atoms with Crippen molar-refractivity contribution < 1.29 is 68.1 Å². The number of hydrogen-bond donors (Lipinski definition) is 14. The molecule has 0 radical (unpaired) electrons. The van der Waals surface area contributed by atoms with Crippen LogP contribution in [-0.2, 0) is 72.0 Å². The molecule has 0 unspecified atom stereocenters. The van der Waals surface area contributed by atoms with E-state index in [2.05, 4.69) is 42.5 Å². The van der Waals surface area contributed by atoms with Crippen LogP contribution in [0.25, 0.3) is 0 Å². The van der Waals surface area contributed by atoms with Gasteiger partial charge in [-0.25, -0.2) is 4.79 Å². The molecule has 8 atom stereocenters. The van der Waals surface area contributed by atoms with Crippen LogP contribution < -0.4 is 59.7 Å². The Bertz CT molecular complexity index is 2490. The first-order valence-electron chi connectivity index (χ1n) is 23.9. The summed E-state index contributed by atoms with van der Waals surface area (Å²) >= 11 is 0. The molecule has 17 N–H and O–H groups in total. The van der Waals surface area contributed by atoms with Gasteiger partial charge < -0.3 is 75.1 Å². The quantitative estimate of drug-likeness (QED) is 0.0323. The Morgan fingerprint density at radius 3 is 1.29 bits per heavy atom. The molecule has 0 aromatic heterocycles. The number of aliphatic carboxylic acids is 1. The Morgan fingerprint density at radius 1 is 0.453 bits per heavy atom. The summed E-state index contributed by atoms with van der Waals surface area (Å²) in [7, 11) is 0. The molecule has 0 fully saturated rings. The minimum atomic E-state index is -1.75. The highest BCUT2D eigenvalue weighted by Crippen LogP contribution is 2.15. The molecule has 0 heterocycles. The average molecular weight is 1050 g/mol. The lowest BCUT2D eigenvalue weighted by Crippen LogP contribution is -2.60. The van der Waals surface area contributed by atoms with Crippen molar-refractivity contribution in [2.45, 2.75) is 121 Å². The second-order valence-electron chi connectivity index (χ2n) is 18.2. The lowest BCUT2D eigenvalue weighted by atomic mass is 10.0. The van der Waals surface area contributed by atoms with Crippen LogP contribution in [0.3, 0.4) is 0 Å². The largest absolute Gasteiger partial charge is 0.508 e. The van der Waals surface area contributed by atoms with Crippen LogP contribution in [0.2, 0.25) is 0 Å². The topological polar surface area (TPSA) is 423 Å². The van der Waals surface area contributed by atoms with Crippen LogP contribution >= 0.6 is 0 Å². The summed E-state index contributed by atoms with van der Waals surface area (Å²) in [6, 6.07) is 8.16. The Hall–Kier alpha value is -8.61. The molecule has 3 rings (SSSR count). The zero-order chi connectivity index (χ0) is 55.9. The van der Waals surface area contributed by atoms with Crippen molar-refractivity contribution in [2.75, 3.05) is 6.54 Å². The van der Waals surface area contributed by atoms with Gasteiger partial charge >= 0.3 is 5.97 Å². The number of phenolic OH excluding ortho intramolecular Hbond substituents is 2. The van der Waals surface area contributed by atoms with Crippen molar-refractivity contribution in [3.05, 3.63) is 95.6 Å². The van der Waals surface area contributed by atoms with Crippen molar-refractivity contribution in [1.29, 1.82) is 0 Å². The third kappa shape index (κ3) is 21.6. The standard InChI is InChI=1S/C50H67N11O14/c1-26(2)20-35(58-49(73)38(24-41(53)65)60-48(72)37(22-30-10-14-32(62)15-11-30)59-45(69)34(18-19-40(52)64)56-42(66)25-51)46(70)54-27(3)43(67)57-36(21-29-8-6-5-7-9-29)47(71)55-28(4)44(68)61-39(50(74)75)23-31-12-16-33(63)17-13-31/h5-17,26-28,34-39,62-63H,18-25,51H2,1-4H3,(H2,52,64)(H2,53,65)(H,54,70)(H,55,71)(H,56,66)(H,57,67)(H,58,73)(H,59,69)(H,60,72)(H,61,68)(H,74,75)/t27-,28-,34-,35-,36-,37-,38-,39-/m0/s1. The molecule has 0 saturated carbocycles. The molecule has 0 saturated heterocycles. The third-order valence-corrected chi connectivity index (χ3v) is 11.3. The number of nitrogens with two attached hydrogens (primary N) is 3. The van der Waals surface area contributed by atoms with Gasteiger partial charge in [-0.15, -0.1) is 0 Å². The van der Waals surface area contributed by atoms with Gasteiger partial charge in [-0.1, -0.05) is 68.4 Å². The van der Waals surface area contributed by atoms with E-state index in [1.807, 2.05) is 0 Å². The summed E-state index contributed by atoms with van der Waals surface area (Å²) in [6.07, 6.45) is -1.97. The predicted octanol–water partition coefficient (Wildman–Crippen LogP) is -2.73. The smallest absolute Gasteiger partial charge is 0.326 e. The van der Waals surface area contributed by atoms with Crippen LogP contribution in [0, 0.1) is 5.92 Å². The Balaban J connectivity index is 1.80. The van der Waals surface area contributed by atoms with E-state index in [-0.39, 0.29) is 55.9 Å². The first-order chi connectivity index (χ1) is 35.3. The van der Waals surface area contributed by atoms with Gasteiger partial charge in [0.15, 0.2) is 0 Å². The number of carboxylic acids is 1. The molecule has 0 aliphatic heterocycles. The molecule has 25 nitrogen and oxygen atoms in total. The summed E-state index contributed by atoms with van der Waals surface area (Å²) < 4.78 is 0. The Labute approximate surface area is 432 Å². The molecule has 75 heavy (non-hydrogen) atoms. The zero-order valence-electron chi connectivity index (χ0n) is 41.9. The maximum absolute atomic E-state index is 14.0. The second kappa shape index (κ2) is 29.8. The van der Waals surface area contributed by atoms with Gasteiger partial charge in [0.05, 0.1) is 13.0 Å². The fraction of sp³-hybridized carbons (Fsp3) is 0.420. The first kappa shape index (κ1) is 60.7. The van der Waals surface area contributed by atoms with Gasteiger partial charge in [-0.05, 0) is 73.6 Å². The van der Waals surface area contributed by atoms with E-state index in [4.69, 9.17) is 17.2 Å². The van der Waals surface area contributed by atoms with Gasteiger partial charge in [0, 0.05) is 25.7 Å². The SMILES string of the molecule is CC(C)C[C@H](NC(=O)[C@H](CC(N)=O)NC(=O)[C@H](Cc1ccc(O)cc1)NC(=O)[C@H](CCC(N)=O)NC(=O)CN)C(=O)N[C@@H](C)C(=O)N[C@@H](Cc1ccccc1)C(=O)N[C@@H](C)C(=O)N[C@@H](Cc1ccc(O)cc1)C(=O)O. The number of rotatable bonds is 30. The predicted molar refractivity (Wildman–Crippen MR) is 269 cm³/mol. The summed E-state index contributed by atoms with van der Waals surface area (Å²) in [6.45, 7) is 5.53. The van der Waals surface area contributed by atoms with Crippen molar-refractivity contribution in [1.82, 2.24) is 42.5 Å². The highest BCUT2D eigenvalue weighted by atomic mass is 16.4. The Morgan fingerprint density at radius 2 is 0.840 bits per heavy atom. The monoisotopic (exact) mass is 1050 g/mol. The molecule has 10 amide bonds. The van der Waals surface area contributed by atoms with E-state index < -0.39 is 126 Å².